The summed E-state index contributed by atoms with van der Waals surface area (Å²) in [5.74, 6) is 0.820. The van der Waals surface area contributed by atoms with Crippen LogP contribution in [0.2, 0.25) is 0 Å². The molecular formula is C59H53N4Pt-3. The van der Waals surface area contributed by atoms with Crippen LogP contribution in [0.4, 0.5) is 22.7 Å². The molecule has 10 rings (SSSR count). The number of rotatable bonds is 7. The summed E-state index contributed by atoms with van der Waals surface area (Å²) in [6, 6.07) is 34.9. The maximum atomic E-state index is 9.39. The number of hydrogen-bond acceptors (Lipinski definition) is 3. The molecule has 0 atom stereocenters. The van der Waals surface area contributed by atoms with Crippen molar-refractivity contribution >= 4 is 44.6 Å². The molecule has 0 radical (unpaired) electrons. The van der Waals surface area contributed by atoms with Crippen molar-refractivity contribution < 1.29 is 33.4 Å². The molecule has 64 heavy (non-hydrogen) atoms. The molecule has 3 heterocycles. The van der Waals surface area contributed by atoms with Gasteiger partial charge in [-0.1, -0.05) is 125 Å². The molecule has 0 spiro atoms. The molecule has 5 heteroatoms. The van der Waals surface area contributed by atoms with Crippen LogP contribution in [0.5, 0.6) is 0 Å². The summed E-state index contributed by atoms with van der Waals surface area (Å²) in [6.07, 6.45) is 1.88. The summed E-state index contributed by atoms with van der Waals surface area (Å²) >= 11 is 0. The van der Waals surface area contributed by atoms with Gasteiger partial charge >= 0.3 is 0 Å². The third-order valence-corrected chi connectivity index (χ3v) is 12.9. The van der Waals surface area contributed by atoms with E-state index in [-0.39, 0.29) is 67.8 Å². The van der Waals surface area contributed by atoms with Gasteiger partial charge in [-0.05, 0) is 113 Å². The summed E-state index contributed by atoms with van der Waals surface area (Å²) in [6.45, 7) is 20.2. The van der Waals surface area contributed by atoms with E-state index >= 15 is 0 Å². The van der Waals surface area contributed by atoms with E-state index in [2.05, 4.69) is 99.8 Å². The van der Waals surface area contributed by atoms with Crippen molar-refractivity contribution in [2.24, 2.45) is 0 Å². The molecule has 0 saturated carbocycles. The van der Waals surface area contributed by atoms with Crippen LogP contribution in [0.3, 0.4) is 0 Å². The third kappa shape index (κ3) is 7.08. The van der Waals surface area contributed by atoms with E-state index in [9.17, 15) is 4.11 Å². The first-order chi connectivity index (χ1) is 34.1. The number of pyridine rings is 1. The molecule has 0 N–H and O–H groups in total. The molecule has 2 aromatic heterocycles. The van der Waals surface area contributed by atoms with E-state index in [1.807, 2.05) is 85.9 Å². The maximum Gasteiger partial charge on any atom is 0.135 e. The molecule has 0 bridgehead atoms. The van der Waals surface area contributed by atoms with Crippen LogP contribution in [0.15, 0.2) is 152 Å². The Balaban J connectivity index is 0.00000656. The first kappa shape index (κ1) is 33.3. The average molecular weight is 1020 g/mol. The first-order valence-electron chi connectivity index (χ1n) is 25.8. The Morgan fingerprint density at radius 3 is 2.06 bits per heavy atom. The molecule has 1 aliphatic rings. The zero-order chi connectivity index (χ0) is 51.6. The van der Waals surface area contributed by atoms with Gasteiger partial charge in [0.1, 0.15) is 5.82 Å². The number of aromatic nitrogens is 2. The summed E-state index contributed by atoms with van der Waals surface area (Å²) in [5, 5.41) is 2.18. The third-order valence-electron chi connectivity index (χ3n) is 12.9. The van der Waals surface area contributed by atoms with Crippen LogP contribution in [0.25, 0.3) is 49.9 Å². The number of hydrogen-bond donors (Lipinski definition) is 0. The fourth-order valence-corrected chi connectivity index (χ4v) is 9.08. The molecular weight excluding hydrogens is 960 g/mol. The van der Waals surface area contributed by atoms with Gasteiger partial charge in [-0.3, -0.25) is 0 Å². The van der Waals surface area contributed by atoms with E-state index in [0.717, 1.165) is 55.6 Å². The van der Waals surface area contributed by atoms with E-state index in [1.165, 1.54) is 5.56 Å². The molecule has 7 aromatic carbocycles. The van der Waals surface area contributed by atoms with Crippen LogP contribution in [-0.2, 0) is 31.9 Å². The van der Waals surface area contributed by atoms with Gasteiger partial charge in [0, 0.05) is 61.0 Å². The smallest absolute Gasteiger partial charge is 0.135 e. The minimum Gasteiger partial charge on any atom is -0.493 e. The number of benzene rings is 7. The molecule has 0 saturated heterocycles. The number of para-hydroxylation sites is 3. The first-order valence-corrected chi connectivity index (χ1v) is 21.3. The van der Waals surface area contributed by atoms with E-state index < -0.39 is 29.6 Å². The molecule has 9 aromatic rings. The van der Waals surface area contributed by atoms with Gasteiger partial charge in [-0.25, -0.2) is 4.98 Å². The van der Waals surface area contributed by atoms with Crippen LogP contribution in [0.1, 0.15) is 85.9 Å². The Morgan fingerprint density at radius 2 is 1.30 bits per heavy atom. The standard InChI is InChI=1S/C59H53N4.Pt/c1-38-20-13-14-25-47(38)56-41(4)39(2)40(3)55(42-21-11-10-12-22-42)57(56)62-37-61(51-28-17-18-29-52(51)62)46-24-19-23-44(34-46)59(8,9)45-30-31-49-48-26-15-16-27-50(48)63(53(49)35-45)54-36-43(32-33-60-54)58(5,6)7;/h10-33,36-37H,1-9H3;/q-3;/i10D,11D,12D,13D,14D,20D,21D,22D,25D;. The van der Waals surface area contributed by atoms with Crippen molar-refractivity contribution in [2.45, 2.75) is 73.1 Å². The second kappa shape index (κ2) is 16.4. The average Bonchev–Trinajstić information content (AvgIpc) is 3.92. The van der Waals surface area contributed by atoms with E-state index in [0.29, 0.717) is 39.3 Å². The second-order valence-corrected chi connectivity index (χ2v) is 18.0. The summed E-state index contributed by atoms with van der Waals surface area (Å²) in [7, 11) is 0. The zero-order valence-electron chi connectivity index (χ0n) is 46.4. The molecule has 0 amide bonds. The number of fused-ring (bicyclic) bond motifs is 4. The van der Waals surface area contributed by atoms with Crippen LogP contribution in [-0.4, -0.2) is 9.55 Å². The quantitative estimate of drug-likeness (QED) is 0.149. The maximum absolute atomic E-state index is 9.39. The molecule has 0 aliphatic carbocycles. The second-order valence-electron chi connectivity index (χ2n) is 18.0. The molecule has 4 nitrogen and oxygen atoms in total. The molecule has 322 valence electrons. The normalized spacial score (nSPS) is 14.8. The Morgan fingerprint density at radius 1 is 0.625 bits per heavy atom. The van der Waals surface area contributed by atoms with Crippen molar-refractivity contribution in [1.29, 1.82) is 0 Å². The topological polar surface area (TPSA) is 24.3 Å². The van der Waals surface area contributed by atoms with E-state index in [4.69, 9.17) is 13.2 Å². The van der Waals surface area contributed by atoms with Gasteiger partial charge in [0.2, 0.25) is 0 Å². The van der Waals surface area contributed by atoms with Crippen molar-refractivity contribution in [1.82, 2.24) is 9.55 Å². The SMILES string of the molecule is [2H]c1c([2H])c([2H])c(-c2c(C)c(C)c(C)c(-c3c([2H])c([2H])c([2H])c([2H])c3C)c2N2[CH-]N(c3[c-]c(C(C)(C)c4[c-]c5c(cc4)c4ccccc4n5-c4cc(C(C)(C)C)ccn4)ccc3)c3ccccc32)c([2H])c1[2H].[Pt]. The van der Waals surface area contributed by atoms with Crippen molar-refractivity contribution in [2.75, 3.05) is 9.80 Å². The predicted molar refractivity (Wildman–Crippen MR) is 265 cm³/mol. The van der Waals surface area contributed by atoms with Gasteiger partial charge in [-0.2, -0.15) is 53.6 Å². The minimum atomic E-state index is -0.619. The van der Waals surface area contributed by atoms with Gasteiger partial charge < -0.3 is 14.4 Å². The summed E-state index contributed by atoms with van der Waals surface area (Å²) in [5.41, 5.74) is 10.4. The Hall–Kier alpha value is -6.22. The number of anilines is 4. The molecule has 0 unspecified atom stereocenters. The van der Waals surface area contributed by atoms with Gasteiger partial charge in [-0.15, -0.1) is 17.7 Å². The van der Waals surface area contributed by atoms with Crippen molar-refractivity contribution in [3.05, 3.63) is 209 Å². The van der Waals surface area contributed by atoms with Gasteiger partial charge in [0.25, 0.3) is 0 Å². The Labute approximate surface area is 406 Å². The van der Waals surface area contributed by atoms with Crippen LogP contribution in [0, 0.1) is 46.5 Å². The molecule has 0 fully saturated rings. The van der Waals surface area contributed by atoms with E-state index in [1.54, 1.807) is 6.92 Å². The summed E-state index contributed by atoms with van der Waals surface area (Å²) < 4.78 is 82.6. The monoisotopic (exact) mass is 1020 g/mol. The Kier molecular flexibility index (Phi) is 8.54. The van der Waals surface area contributed by atoms with Gasteiger partial charge in [0.05, 0.1) is 12.3 Å². The van der Waals surface area contributed by atoms with Crippen molar-refractivity contribution in [3.63, 3.8) is 0 Å². The fourth-order valence-electron chi connectivity index (χ4n) is 9.08. The van der Waals surface area contributed by atoms with Crippen molar-refractivity contribution in [3.8, 4) is 28.1 Å². The zero-order valence-corrected chi connectivity index (χ0v) is 39.7. The van der Waals surface area contributed by atoms with Crippen LogP contribution < -0.4 is 9.80 Å². The molecule has 1 aliphatic heterocycles. The predicted octanol–water partition coefficient (Wildman–Crippen LogP) is 15.4. The minimum absolute atomic E-state index is 0. The van der Waals surface area contributed by atoms with Crippen LogP contribution >= 0.6 is 0 Å². The largest absolute Gasteiger partial charge is 0.493 e. The Bertz CT molecular complexity index is 3610. The fraction of sp³-hybridized carbons (Fsp3) is 0.186. The summed E-state index contributed by atoms with van der Waals surface area (Å²) in [4.78, 5) is 8.83. The number of nitrogens with zero attached hydrogens (tertiary/aromatic N) is 4. The van der Waals surface area contributed by atoms with Gasteiger partial charge in [0.15, 0.2) is 0 Å².